The van der Waals surface area contributed by atoms with E-state index in [1.54, 1.807) is 19.2 Å². The molecule has 0 radical (unpaired) electrons. The average molecular weight is 471 g/mol. The largest absolute Gasteiger partial charge is 0.504 e. The summed E-state index contributed by atoms with van der Waals surface area (Å²) in [5.74, 6) is 2.11. The number of nitrogens with zero attached hydrogens (tertiary/aromatic N) is 1. The van der Waals surface area contributed by atoms with Gasteiger partial charge in [0.1, 0.15) is 5.75 Å². The molecule has 0 atom stereocenters. The Morgan fingerprint density at radius 1 is 1.04 bits per heavy atom. The lowest BCUT2D eigenvalue weighted by atomic mass is 10.2. The first kappa shape index (κ1) is 21.9. The van der Waals surface area contributed by atoms with Crippen LogP contribution in [0.2, 0.25) is 0 Å². The third-order valence-electron chi connectivity index (χ3n) is 3.60. The number of phenolic OH excluding ortho intramolecular Hbond substituents is 1. The number of halogens is 1. The predicted molar refractivity (Wildman–Crippen MR) is 115 cm³/mol. The second kappa shape index (κ2) is 11.5. The molecule has 0 spiro atoms. The highest BCUT2D eigenvalue weighted by atomic mass is 127. The van der Waals surface area contributed by atoms with Crippen molar-refractivity contribution < 1.29 is 14.6 Å². The van der Waals surface area contributed by atoms with Gasteiger partial charge in [0, 0.05) is 13.1 Å². The molecule has 7 heteroatoms. The molecule has 0 saturated carbocycles. The molecule has 2 rings (SSSR count). The lowest BCUT2D eigenvalue weighted by Crippen LogP contribution is -2.36. The monoisotopic (exact) mass is 471 g/mol. The van der Waals surface area contributed by atoms with Gasteiger partial charge in [-0.1, -0.05) is 18.2 Å². The number of methoxy groups -OCH3 is 2. The second-order valence-electron chi connectivity index (χ2n) is 5.41. The minimum atomic E-state index is 0. The summed E-state index contributed by atoms with van der Waals surface area (Å²) >= 11 is 0. The molecule has 26 heavy (non-hydrogen) atoms. The van der Waals surface area contributed by atoms with E-state index in [4.69, 9.17) is 9.47 Å². The molecule has 0 saturated heterocycles. The van der Waals surface area contributed by atoms with Gasteiger partial charge in [0.25, 0.3) is 0 Å². The second-order valence-corrected chi connectivity index (χ2v) is 5.41. The van der Waals surface area contributed by atoms with E-state index in [2.05, 4.69) is 15.6 Å². The van der Waals surface area contributed by atoms with Crippen molar-refractivity contribution in [1.29, 1.82) is 0 Å². The zero-order valence-corrected chi connectivity index (χ0v) is 17.6. The molecular weight excluding hydrogens is 445 g/mol. The van der Waals surface area contributed by atoms with Gasteiger partial charge in [-0.3, -0.25) is 0 Å². The average Bonchev–Trinajstić information content (AvgIpc) is 2.64. The minimum absolute atomic E-state index is 0. The number of aromatic hydroxyl groups is 1. The number of aliphatic imine (C=N–C) groups is 1. The molecule has 0 bridgehead atoms. The molecule has 0 aliphatic heterocycles. The third-order valence-corrected chi connectivity index (χ3v) is 3.60. The van der Waals surface area contributed by atoms with E-state index in [1.807, 2.05) is 37.3 Å². The van der Waals surface area contributed by atoms with Crippen molar-refractivity contribution in [3.63, 3.8) is 0 Å². The Bertz CT molecular complexity index is 723. The molecule has 3 N–H and O–H groups in total. The topological polar surface area (TPSA) is 75.1 Å². The fourth-order valence-electron chi connectivity index (χ4n) is 2.31. The van der Waals surface area contributed by atoms with Gasteiger partial charge in [0.15, 0.2) is 17.5 Å². The number of hydrogen-bond acceptors (Lipinski definition) is 4. The van der Waals surface area contributed by atoms with Crippen molar-refractivity contribution in [1.82, 2.24) is 10.6 Å². The van der Waals surface area contributed by atoms with Crippen LogP contribution >= 0.6 is 24.0 Å². The van der Waals surface area contributed by atoms with Crippen LogP contribution in [0.5, 0.6) is 17.2 Å². The van der Waals surface area contributed by atoms with E-state index in [0.29, 0.717) is 24.8 Å². The maximum atomic E-state index is 9.85. The fraction of sp³-hybridized carbons (Fsp3) is 0.316. The number of ether oxygens (including phenoxy) is 2. The predicted octanol–water partition coefficient (Wildman–Crippen LogP) is 3.28. The first-order valence-electron chi connectivity index (χ1n) is 8.17. The van der Waals surface area contributed by atoms with Gasteiger partial charge >= 0.3 is 0 Å². The van der Waals surface area contributed by atoms with E-state index in [0.717, 1.165) is 23.4 Å². The first-order chi connectivity index (χ1) is 12.2. The standard InChI is InChI=1S/C19H25N3O3.HI/c1-4-20-19(21-12-14-6-5-7-16(10-14)24-2)22-13-15-8-9-18(25-3)17(23)11-15;/h5-11,23H,4,12-13H2,1-3H3,(H2,20,21,22);1H. The number of guanidine groups is 1. The molecule has 0 aliphatic rings. The molecule has 142 valence electrons. The maximum absolute atomic E-state index is 9.85. The molecule has 2 aromatic carbocycles. The summed E-state index contributed by atoms with van der Waals surface area (Å²) in [6.45, 7) is 3.86. The quantitative estimate of drug-likeness (QED) is 0.329. The third kappa shape index (κ3) is 6.62. The van der Waals surface area contributed by atoms with E-state index in [1.165, 1.54) is 7.11 Å². The molecule has 6 nitrogen and oxygen atoms in total. The molecule has 0 amide bonds. The zero-order valence-electron chi connectivity index (χ0n) is 15.3. The molecule has 0 aromatic heterocycles. The highest BCUT2D eigenvalue weighted by Crippen LogP contribution is 2.26. The van der Waals surface area contributed by atoms with Crippen LogP contribution in [-0.4, -0.2) is 31.8 Å². The van der Waals surface area contributed by atoms with Crippen molar-refractivity contribution in [2.45, 2.75) is 20.0 Å². The first-order valence-corrected chi connectivity index (χ1v) is 8.17. The number of nitrogens with one attached hydrogen (secondary N) is 2. The Balaban J connectivity index is 0.00000338. The summed E-state index contributed by atoms with van der Waals surface area (Å²) in [6.07, 6.45) is 0. The molecule has 2 aromatic rings. The fourth-order valence-corrected chi connectivity index (χ4v) is 2.31. The van der Waals surface area contributed by atoms with Crippen LogP contribution in [0, 0.1) is 0 Å². The van der Waals surface area contributed by atoms with Crippen LogP contribution in [-0.2, 0) is 13.1 Å². The summed E-state index contributed by atoms with van der Waals surface area (Å²) < 4.78 is 10.3. The zero-order chi connectivity index (χ0) is 18.1. The number of phenols is 1. The lowest BCUT2D eigenvalue weighted by molar-refractivity contribution is 0.373. The van der Waals surface area contributed by atoms with Crippen molar-refractivity contribution >= 4 is 29.9 Å². The normalized spacial score (nSPS) is 10.7. The van der Waals surface area contributed by atoms with Gasteiger partial charge in [-0.25, -0.2) is 4.99 Å². The Hall–Kier alpha value is -2.16. The van der Waals surface area contributed by atoms with Crippen LogP contribution in [0.4, 0.5) is 0 Å². The van der Waals surface area contributed by atoms with E-state index in [9.17, 15) is 5.11 Å². The van der Waals surface area contributed by atoms with E-state index in [-0.39, 0.29) is 29.7 Å². The van der Waals surface area contributed by atoms with E-state index < -0.39 is 0 Å². The Kier molecular flexibility index (Phi) is 9.64. The molecule has 0 fully saturated rings. The van der Waals surface area contributed by atoms with Crippen molar-refractivity contribution in [3.05, 3.63) is 53.6 Å². The van der Waals surface area contributed by atoms with Gasteiger partial charge in [0.2, 0.25) is 0 Å². The van der Waals surface area contributed by atoms with Crippen LogP contribution in [0.25, 0.3) is 0 Å². The number of hydrogen-bond donors (Lipinski definition) is 3. The van der Waals surface area contributed by atoms with Gasteiger partial charge in [-0.05, 0) is 42.3 Å². The van der Waals surface area contributed by atoms with Crippen LogP contribution in [0.3, 0.4) is 0 Å². The van der Waals surface area contributed by atoms with Crippen LogP contribution < -0.4 is 20.1 Å². The SMILES string of the molecule is CCNC(=NCc1cccc(OC)c1)NCc1ccc(OC)c(O)c1.I. The summed E-state index contributed by atoms with van der Waals surface area (Å²) in [7, 11) is 3.18. The lowest BCUT2D eigenvalue weighted by Gasteiger charge is -2.12. The summed E-state index contributed by atoms with van der Waals surface area (Å²) in [5.41, 5.74) is 2.00. The van der Waals surface area contributed by atoms with E-state index >= 15 is 0 Å². The summed E-state index contributed by atoms with van der Waals surface area (Å²) in [5, 5.41) is 16.3. The Morgan fingerprint density at radius 3 is 2.50 bits per heavy atom. The van der Waals surface area contributed by atoms with Crippen LogP contribution in [0.1, 0.15) is 18.1 Å². The Morgan fingerprint density at radius 2 is 1.85 bits per heavy atom. The molecule has 0 aliphatic carbocycles. The van der Waals surface area contributed by atoms with Crippen LogP contribution in [0.15, 0.2) is 47.5 Å². The minimum Gasteiger partial charge on any atom is -0.504 e. The van der Waals surface area contributed by atoms with Crippen molar-refractivity contribution in [3.8, 4) is 17.2 Å². The maximum Gasteiger partial charge on any atom is 0.191 e. The highest BCUT2D eigenvalue weighted by molar-refractivity contribution is 14.0. The van der Waals surface area contributed by atoms with Gasteiger partial charge in [-0.15, -0.1) is 24.0 Å². The van der Waals surface area contributed by atoms with Gasteiger partial charge in [-0.2, -0.15) is 0 Å². The smallest absolute Gasteiger partial charge is 0.191 e. The number of benzene rings is 2. The molecular formula is C19H26IN3O3. The highest BCUT2D eigenvalue weighted by Gasteiger charge is 2.04. The van der Waals surface area contributed by atoms with Crippen molar-refractivity contribution in [2.24, 2.45) is 4.99 Å². The van der Waals surface area contributed by atoms with Gasteiger partial charge in [0.05, 0.1) is 20.8 Å². The van der Waals surface area contributed by atoms with Crippen molar-refractivity contribution in [2.75, 3.05) is 20.8 Å². The summed E-state index contributed by atoms with van der Waals surface area (Å²) in [4.78, 5) is 4.58. The molecule has 0 unspecified atom stereocenters. The summed E-state index contributed by atoms with van der Waals surface area (Å²) in [6, 6.07) is 13.2. The Labute approximate surface area is 171 Å². The number of rotatable bonds is 7. The van der Waals surface area contributed by atoms with Gasteiger partial charge < -0.3 is 25.2 Å². The molecule has 0 heterocycles.